The molecule has 3 amide bonds. The first kappa shape index (κ1) is 24.1. The largest absolute Gasteiger partial charge is 0.448 e. The number of hydrogen-bond donors (Lipinski definition) is 5. The molecule has 0 aromatic carbocycles. The summed E-state index contributed by atoms with van der Waals surface area (Å²) in [5.74, 6) is -0.442. The number of amides is 3. The van der Waals surface area contributed by atoms with E-state index >= 15 is 0 Å². The number of rotatable bonds is 16. The molecule has 0 aliphatic carbocycles. The van der Waals surface area contributed by atoms with E-state index in [0.29, 0.717) is 26.2 Å². The summed E-state index contributed by atoms with van der Waals surface area (Å²) >= 11 is 0. The summed E-state index contributed by atoms with van der Waals surface area (Å²) < 4.78 is 4.53. The van der Waals surface area contributed by atoms with Crippen molar-refractivity contribution in [2.75, 3.05) is 52.4 Å². The molecule has 0 aliphatic rings. The van der Waals surface area contributed by atoms with Crippen LogP contribution in [0.15, 0.2) is 0 Å². The molecule has 10 nitrogen and oxygen atoms in total. The van der Waals surface area contributed by atoms with Crippen molar-refractivity contribution in [3.63, 3.8) is 0 Å². The molecule has 0 aromatic rings. The van der Waals surface area contributed by atoms with Crippen molar-refractivity contribution in [2.45, 2.75) is 32.1 Å². The lowest BCUT2D eigenvalue weighted by molar-refractivity contribution is -0.135. The molecule has 0 aliphatic heterocycles. The fourth-order valence-electron chi connectivity index (χ4n) is 2.19. The third-order valence-corrected chi connectivity index (χ3v) is 3.57. The van der Waals surface area contributed by atoms with E-state index in [1.54, 1.807) is 0 Å². The molecule has 0 unspecified atom stereocenters. The minimum Gasteiger partial charge on any atom is -0.448 e. The Hall–Kier alpha value is -1.91. The van der Waals surface area contributed by atoms with Crippen LogP contribution in [0.3, 0.4) is 0 Å². The zero-order valence-electron chi connectivity index (χ0n) is 15.5. The summed E-state index contributed by atoms with van der Waals surface area (Å²) in [6.45, 7) is 2.72. The Labute approximate surface area is 155 Å². The first-order chi connectivity index (χ1) is 12.5. The van der Waals surface area contributed by atoms with Gasteiger partial charge < -0.3 is 37.5 Å². The van der Waals surface area contributed by atoms with Crippen molar-refractivity contribution in [1.82, 2.24) is 15.5 Å². The van der Waals surface area contributed by atoms with Gasteiger partial charge in [0.2, 0.25) is 11.8 Å². The fourth-order valence-corrected chi connectivity index (χ4v) is 2.19. The third-order valence-electron chi connectivity index (χ3n) is 3.57. The second-order valence-corrected chi connectivity index (χ2v) is 5.85. The van der Waals surface area contributed by atoms with E-state index in [2.05, 4.69) is 15.4 Å². The summed E-state index contributed by atoms with van der Waals surface area (Å²) in [6, 6.07) is 0. The number of unbranched alkanes of at least 4 members (excludes halogenated alkanes) is 3. The number of nitrogens with one attached hydrogen (secondary N) is 2. The first-order valence-electron chi connectivity index (χ1n) is 9.08. The Morgan fingerprint density at radius 2 is 1.62 bits per heavy atom. The normalized spacial score (nSPS) is 10.4. The van der Waals surface area contributed by atoms with E-state index in [9.17, 15) is 14.4 Å². The highest BCUT2D eigenvalue weighted by molar-refractivity contribution is 5.85. The van der Waals surface area contributed by atoms with E-state index in [1.165, 1.54) is 4.90 Å². The molecule has 26 heavy (non-hydrogen) atoms. The Bertz CT molecular complexity index is 408. The lowest BCUT2D eigenvalue weighted by atomic mass is 10.2. The third kappa shape index (κ3) is 14.4. The van der Waals surface area contributed by atoms with Crippen LogP contribution in [0.5, 0.6) is 0 Å². The summed E-state index contributed by atoms with van der Waals surface area (Å²) in [5.41, 5.74) is 15.7. The van der Waals surface area contributed by atoms with Crippen LogP contribution in [-0.2, 0) is 14.3 Å². The fraction of sp³-hybridized carbons (Fsp3) is 0.812. The number of carbonyl (C=O) groups excluding carboxylic acids is 3. The maximum Gasteiger partial charge on any atom is 0.404 e. The average molecular weight is 374 g/mol. The van der Waals surface area contributed by atoms with Gasteiger partial charge in [-0.2, -0.15) is 0 Å². The highest BCUT2D eigenvalue weighted by Crippen LogP contribution is 1.99. The second kappa shape index (κ2) is 16.6. The van der Waals surface area contributed by atoms with Crippen molar-refractivity contribution in [1.29, 1.82) is 0 Å². The minimum absolute atomic E-state index is 0.00574. The number of primary amides is 1. The van der Waals surface area contributed by atoms with Gasteiger partial charge in [-0.05, 0) is 45.3 Å². The van der Waals surface area contributed by atoms with Crippen LogP contribution in [0.4, 0.5) is 4.79 Å². The summed E-state index contributed by atoms with van der Waals surface area (Å²) in [7, 11) is 0. The Kier molecular flexibility index (Phi) is 15.3. The number of hydrogen-bond acceptors (Lipinski definition) is 7. The van der Waals surface area contributed by atoms with Crippen LogP contribution in [0.1, 0.15) is 32.1 Å². The SMILES string of the molecule is NCCCCCN(CC(=O)NCCOC(N)=O)C(=O)CNCCCCN. The van der Waals surface area contributed by atoms with Gasteiger partial charge in [0.1, 0.15) is 6.61 Å². The predicted octanol–water partition coefficient (Wildman–Crippen LogP) is -1.52. The minimum atomic E-state index is -0.892. The summed E-state index contributed by atoms with van der Waals surface area (Å²) in [4.78, 5) is 36.3. The number of ether oxygens (including phenoxy) is 1. The highest BCUT2D eigenvalue weighted by atomic mass is 16.5. The monoisotopic (exact) mass is 374 g/mol. The van der Waals surface area contributed by atoms with Crippen LogP contribution in [-0.4, -0.2) is 75.2 Å². The van der Waals surface area contributed by atoms with Crippen molar-refractivity contribution in [2.24, 2.45) is 17.2 Å². The van der Waals surface area contributed by atoms with Gasteiger partial charge in [-0.3, -0.25) is 9.59 Å². The quantitative estimate of drug-likeness (QED) is 0.205. The molecule has 0 radical (unpaired) electrons. The number of carbonyl (C=O) groups is 3. The Morgan fingerprint density at radius 3 is 2.27 bits per heavy atom. The van der Waals surface area contributed by atoms with Crippen LogP contribution >= 0.6 is 0 Å². The first-order valence-corrected chi connectivity index (χ1v) is 9.08. The smallest absolute Gasteiger partial charge is 0.404 e. The van der Waals surface area contributed by atoms with Crippen LogP contribution in [0, 0.1) is 0 Å². The second-order valence-electron chi connectivity index (χ2n) is 5.85. The van der Waals surface area contributed by atoms with E-state index in [0.717, 1.165) is 32.1 Å². The van der Waals surface area contributed by atoms with Crippen molar-refractivity contribution < 1.29 is 19.1 Å². The number of nitrogens with zero attached hydrogens (tertiary/aromatic N) is 1. The molecule has 0 spiro atoms. The molecule has 0 rings (SSSR count). The molecule has 0 bridgehead atoms. The van der Waals surface area contributed by atoms with Gasteiger partial charge in [0.25, 0.3) is 0 Å². The van der Waals surface area contributed by atoms with Crippen molar-refractivity contribution >= 4 is 17.9 Å². The lowest BCUT2D eigenvalue weighted by Gasteiger charge is -2.22. The van der Waals surface area contributed by atoms with Gasteiger partial charge in [-0.15, -0.1) is 0 Å². The lowest BCUT2D eigenvalue weighted by Crippen LogP contribution is -2.45. The van der Waals surface area contributed by atoms with E-state index in [1.807, 2.05) is 0 Å². The van der Waals surface area contributed by atoms with Gasteiger partial charge in [-0.25, -0.2) is 4.79 Å². The van der Waals surface area contributed by atoms with Crippen LogP contribution < -0.4 is 27.8 Å². The molecule has 0 saturated heterocycles. The van der Waals surface area contributed by atoms with Gasteiger partial charge in [-0.1, -0.05) is 6.42 Å². The Morgan fingerprint density at radius 1 is 0.923 bits per heavy atom. The Balaban J connectivity index is 4.27. The number of nitrogens with two attached hydrogens (primary N) is 3. The zero-order chi connectivity index (χ0) is 19.6. The molecule has 152 valence electrons. The molecule has 0 atom stereocenters. The molecule has 0 aromatic heterocycles. The topological polar surface area (TPSA) is 166 Å². The molecular formula is C16H34N6O4. The standard InChI is InChI=1S/C16H34N6O4/c17-6-2-1-5-10-22(15(24)12-20-8-4-3-7-18)13-14(23)21-9-11-26-16(19)25/h20H,1-13,17-18H2,(H2,19,25)(H,21,23). The van der Waals surface area contributed by atoms with Crippen LogP contribution in [0.25, 0.3) is 0 Å². The van der Waals surface area contributed by atoms with Gasteiger partial charge >= 0.3 is 6.09 Å². The van der Waals surface area contributed by atoms with E-state index in [-0.39, 0.29) is 38.1 Å². The molecule has 0 fully saturated rings. The van der Waals surface area contributed by atoms with Gasteiger partial charge in [0, 0.05) is 6.54 Å². The summed E-state index contributed by atoms with van der Waals surface area (Å²) in [5, 5.41) is 5.66. The predicted molar refractivity (Wildman–Crippen MR) is 99.2 cm³/mol. The van der Waals surface area contributed by atoms with Crippen molar-refractivity contribution in [3.05, 3.63) is 0 Å². The molecular weight excluding hydrogens is 340 g/mol. The molecule has 0 heterocycles. The highest BCUT2D eigenvalue weighted by Gasteiger charge is 2.16. The molecule has 10 heteroatoms. The maximum atomic E-state index is 12.3. The van der Waals surface area contributed by atoms with Gasteiger partial charge in [0.05, 0.1) is 19.6 Å². The molecule has 0 saturated carbocycles. The van der Waals surface area contributed by atoms with E-state index < -0.39 is 6.09 Å². The van der Waals surface area contributed by atoms with E-state index in [4.69, 9.17) is 17.2 Å². The molecule has 8 N–H and O–H groups in total. The average Bonchev–Trinajstić information content (AvgIpc) is 2.60. The summed E-state index contributed by atoms with van der Waals surface area (Å²) in [6.07, 6.45) is 3.49. The maximum absolute atomic E-state index is 12.3. The zero-order valence-corrected chi connectivity index (χ0v) is 15.5. The van der Waals surface area contributed by atoms with Crippen LogP contribution in [0.2, 0.25) is 0 Å². The van der Waals surface area contributed by atoms with Gasteiger partial charge in [0.15, 0.2) is 0 Å². The van der Waals surface area contributed by atoms with Crippen molar-refractivity contribution in [3.8, 4) is 0 Å².